The number of oxazole rings is 1. The van der Waals surface area contributed by atoms with Crippen molar-refractivity contribution in [1.29, 1.82) is 0 Å². The minimum atomic E-state index is -3.58. The molecule has 0 fully saturated rings. The van der Waals surface area contributed by atoms with Gasteiger partial charge in [0, 0.05) is 10.4 Å². The third-order valence-electron chi connectivity index (χ3n) is 3.18. The Morgan fingerprint density at radius 1 is 1.18 bits per heavy atom. The van der Waals surface area contributed by atoms with Crippen LogP contribution in [0, 0.1) is 13.8 Å². The summed E-state index contributed by atoms with van der Waals surface area (Å²) in [6.45, 7) is 3.72. The highest BCUT2D eigenvalue weighted by atomic mass is 32.2. The molecule has 1 aromatic carbocycles. The molecule has 0 saturated heterocycles. The summed E-state index contributed by atoms with van der Waals surface area (Å²) in [4.78, 5) is 4.82. The highest BCUT2D eigenvalue weighted by Crippen LogP contribution is 2.28. The van der Waals surface area contributed by atoms with Gasteiger partial charge in [-0.2, -0.15) is 0 Å². The number of rotatable bonds is 4. The lowest BCUT2D eigenvalue weighted by molar-refractivity contribution is 0.572. The van der Waals surface area contributed by atoms with Gasteiger partial charge in [0.15, 0.2) is 12.2 Å². The Kier molecular flexibility index (Phi) is 3.76. The van der Waals surface area contributed by atoms with E-state index in [1.54, 1.807) is 24.4 Å². The van der Waals surface area contributed by atoms with Gasteiger partial charge in [-0.15, -0.1) is 11.3 Å². The number of benzene rings is 1. The Balaban J connectivity index is 1.97. The van der Waals surface area contributed by atoms with Crippen LogP contribution in [0.1, 0.15) is 10.4 Å². The van der Waals surface area contributed by atoms with Crippen LogP contribution >= 0.6 is 11.3 Å². The van der Waals surface area contributed by atoms with Gasteiger partial charge in [0.1, 0.15) is 4.21 Å². The van der Waals surface area contributed by atoms with Crippen molar-refractivity contribution in [2.24, 2.45) is 0 Å². The summed E-state index contributed by atoms with van der Waals surface area (Å²) in [6, 6.07) is 8.85. The minimum absolute atomic E-state index is 0.300. The number of nitrogens with one attached hydrogen (secondary N) is 1. The number of aryl methyl sites for hydroxylation is 2. The predicted octanol–water partition coefficient (Wildman–Crippen LogP) is 3.82. The van der Waals surface area contributed by atoms with Crippen LogP contribution in [0.25, 0.3) is 11.3 Å². The SMILES string of the molecule is Cc1ccc(S(=O)(=O)Nc2cc(-c3cnco3)ccc2C)s1. The molecule has 0 aliphatic rings. The lowest BCUT2D eigenvalue weighted by Gasteiger charge is -2.10. The smallest absolute Gasteiger partial charge is 0.271 e. The molecule has 0 atom stereocenters. The summed E-state index contributed by atoms with van der Waals surface area (Å²) in [5.41, 5.74) is 2.13. The predicted molar refractivity (Wildman–Crippen MR) is 86.5 cm³/mol. The van der Waals surface area contributed by atoms with Crippen molar-refractivity contribution in [3.8, 4) is 11.3 Å². The molecule has 2 aromatic heterocycles. The van der Waals surface area contributed by atoms with Crippen LogP contribution in [0.5, 0.6) is 0 Å². The van der Waals surface area contributed by atoms with E-state index in [-0.39, 0.29) is 0 Å². The van der Waals surface area contributed by atoms with E-state index in [0.29, 0.717) is 15.7 Å². The molecule has 0 amide bonds. The van der Waals surface area contributed by atoms with E-state index in [2.05, 4.69) is 9.71 Å². The Bertz CT molecular complexity index is 897. The molecule has 0 spiro atoms. The average Bonchev–Trinajstić information content (AvgIpc) is 3.12. The fourth-order valence-electron chi connectivity index (χ4n) is 2.00. The van der Waals surface area contributed by atoms with Crippen LogP contribution in [0.15, 0.2) is 51.5 Å². The molecule has 0 radical (unpaired) electrons. The first-order valence-corrected chi connectivity index (χ1v) is 8.84. The zero-order valence-electron chi connectivity index (χ0n) is 12.0. The topological polar surface area (TPSA) is 72.2 Å². The second-order valence-corrected chi connectivity index (χ2v) is 8.06. The van der Waals surface area contributed by atoms with Gasteiger partial charge in [-0.05, 0) is 37.6 Å². The van der Waals surface area contributed by atoms with E-state index in [4.69, 9.17) is 4.42 Å². The molecule has 7 heteroatoms. The maximum atomic E-state index is 12.4. The summed E-state index contributed by atoms with van der Waals surface area (Å²) in [5, 5.41) is 0. The first-order chi connectivity index (χ1) is 10.5. The van der Waals surface area contributed by atoms with Crippen LogP contribution < -0.4 is 4.72 Å². The molecule has 0 bridgehead atoms. The van der Waals surface area contributed by atoms with Gasteiger partial charge in [0.25, 0.3) is 10.0 Å². The average molecular weight is 334 g/mol. The van der Waals surface area contributed by atoms with Gasteiger partial charge in [-0.3, -0.25) is 4.72 Å². The van der Waals surface area contributed by atoms with E-state index in [1.165, 1.54) is 17.7 Å². The largest absolute Gasteiger partial charge is 0.444 e. The van der Waals surface area contributed by atoms with Crippen molar-refractivity contribution < 1.29 is 12.8 Å². The normalized spacial score (nSPS) is 11.5. The molecule has 0 unspecified atom stereocenters. The second kappa shape index (κ2) is 5.58. The van der Waals surface area contributed by atoms with Crippen molar-refractivity contribution >= 4 is 27.0 Å². The zero-order chi connectivity index (χ0) is 15.7. The molecule has 1 N–H and O–H groups in total. The highest BCUT2D eigenvalue weighted by Gasteiger charge is 2.18. The summed E-state index contributed by atoms with van der Waals surface area (Å²) >= 11 is 1.24. The third-order valence-corrected chi connectivity index (χ3v) is 6.04. The summed E-state index contributed by atoms with van der Waals surface area (Å²) in [7, 11) is -3.58. The third kappa shape index (κ3) is 2.90. The maximum Gasteiger partial charge on any atom is 0.271 e. The van der Waals surface area contributed by atoms with Gasteiger partial charge < -0.3 is 4.42 Å². The number of hydrogen-bond donors (Lipinski definition) is 1. The number of sulfonamides is 1. The molecular formula is C15H14N2O3S2. The first kappa shape index (κ1) is 14.8. The number of hydrogen-bond acceptors (Lipinski definition) is 5. The van der Waals surface area contributed by atoms with E-state index >= 15 is 0 Å². The van der Waals surface area contributed by atoms with Gasteiger partial charge in [0.05, 0.1) is 11.9 Å². The number of anilines is 1. The van der Waals surface area contributed by atoms with E-state index in [9.17, 15) is 8.42 Å². The quantitative estimate of drug-likeness (QED) is 0.787. The molecule has 0 saturated carbocycles. The monoisotopic (exact) mass is 334 g/mol. The molecular weight excluding hydrogens is 320 g/mol. The molecule has 114 valence electrons. The number of nitrogens with zero attached hydrogens (tertiary/aromatic N) is 1. The van der Waals surface area contributed by atoms with E-state index in [1.807, 2.05) is 26.0 Å². The second-order valence-electron chi connectivity index (χ2n) is 4.87. The van der Waals surface area contributed by atoms with Crippen LogP contribution in [0.2, 0.25) is 0 Å². The Labute approximate surface area is 132 Å². The van der Waals surface area contributed by atoms with Crippen molar-refractivity contribution in [2.75, 3.05) is 4.72 Å². The summed E-state index contributed by atoms with van der Waals surface area (Å²) < 4.78 is 33.0. The lowest BCUT2D eigenvalue weighted by atomic mass is 10.1. The summed E-state index contributed by atoms with van der Waals surface area (Å²) in [5.74, 6) is 0.590. The number of aromatic nitrogens is 1. The minimum Gasteiger partial charge on any atom is -0.444 e. The molecule has 0 aliphatic heterocycles. The van der Waals surface area contributed by atoms with Crippen LogP contribution in [-0.4, -0.2) is 13.4 Å². The Morgan fingerprint density at radius 3 is 2.64 bits per heavy atom. The zero-order valence-corrected chi connectivity index (χ0v) is 13.7. The van der Waals surface area contributed by atoms with Crippen molar-refractivity contribution in [3.05, 3.63) is 53.4 Å². The van der Waals surface area contributed by atoms with Gasteiger partial charge >= 0.3 is 0 Å². The fourth-order valence-corrected chi connectivity index (χ4v) is 4.40. The highest BCUT2D eigenvalue weighted by molar-refractivity contribution is 7.94. The van der Waals surface area contributed by atoms with Gasteiger partial charge in [-0.25, -0.2) is 13.4 Å². The Hall–Kier alpha value is -2.12. The molecule has 2 heterocycles. The van der Waals surface area contributed by atoms with Crippen LogP contribution in [0.4, 0.5) is 5.69 Å². The number of thiophene rings is 1. The lowest BCUT2D eigenvalue weighted by Crippen LogP contribution is -2.12. The Morgan fingerprint density at radius 2 is 2.00 bits per heavy atom. The van der Waals surface area contributed by atoms with Crippen LogP contribution in [-0.2, 0) is 10.0 Å². The molecule has 3 aromatic rings. The molecule has 22 heavy (non-hydrogen) atoms. The van der Waals surface area contributed by atoms with E-state index in [0.717, 1.165) is 16.0 Å². The molecule has 0 aliphatic carbocycles. The van der Waals surface area contributed by atoms with Crippen molar-refractivity contribution in [2.45, 2.75) is 18.1 Å². The maximum absolute atomic E-state index is 12.4. The summed E-state index contributed by atoms with van der Waals surface area (Å²) in [6.07, 6.45) is 2.93. The van der Waals surface area contributed by atoms with Gasteiger partial charge in [-0.1, -0.05) is 12.1 Å². The molecule has 5 nitrogen and oxygen atoms in total. The first-order valence-electron chi connectivity index (χ1n) is 6.54. The van der Waals surface area contributed by atoms with E-state index < -0.39 is 10.0 Å². The van der Waals surface area contributed by atoms with Gasteiger partial charge in [0.2, 0.25) is 0 Å². The standard InChI is InChI=1S/C15H14N2O3S2/c1-10-3-5-12(14-8-16-9-20-14)7-13(10)17-22(18,19)15-6-4-11(2)21-15/h3-9,17H,1-2H3. The van der Waals surface area contributed by atoms with Crippen molar-refractivity contribution in [1.82, 2.24) is 4.98 Å². The molecule has 3 rings (SSSR count). The fraction of sp³-hybridized carbons (Fsp3) is 0.133. The van der Waals surface area contributed by atoms with Crippen LogP contribution in [0.3, 0.4) is 0 Å². The van der Waals surface area contributed by atoms with Crippen molar-refractivity contribution in [3.63, 3.8) is 0 Å².